The van der Waals surface area contributed by atoms with E-state index < -0.39 is 7.12 Å². The second kappa shape index (κ2) is 5.81. The van der Waals surface area contributed by atoms with Crippen molar-refractivity contribution < 1.29 is 10.0 Å². The van der Waals surface area contributed by atoms with Gasteiger partial charge in [0, 0.05) is 18.1 Å². The molecule has 4 nitrogen and oxygen atoms in total. The lowest BCUT2D eigenvalue weighted by Crippen LogP contribution is -2.29. The maximum Gasteiger partial charge on any atom is 0.488 e. The summed E-state index contributed by atoms with van der Waals surface area (Å²) in [4.78, 5) is 8.21. The van der Waals surface area contributed by atoms with E-state index in [4.69, 9.17) is 10.0 Å². The minimum absolute atomic E-state index is 0.497. The van der Waals surface area contributed by atoms with Crippen molar-refractivity contribution in [3.05, 3.63) is 48.3 Å². The Labute approximate surface area is 104 Å². The second-order valence-electron chi connectivity index (χ2n) is 3.44. The third-order valence-electron chi connectivity index (χ3n) is 2.16. The first kappa shape index (κ1) is 12.1. The van der Waals surface area contributed by atoms with E-state index in [2.05, 4.69) is 9.97 Å². The molecule has 0 bridgehead atoms. The molecule has 0 aliphatic carbocycles. The van der Waals surface area contributed by atoms with E-state index in [0.717, 1.165) is 5.56 Å². The Hall–Kier alpha value is -1.37. The molecule has 0 aliphatic rings. The highest BCUT2D eigenvalue weighted by atomic mass is 32.2. The van der Waals surface area contributed by atoms with Gasteiger partial charge in [-0.3, -0.25) is 0 Å². The van der Waals surface area contributed by atoms with Crippen LogP contribution in [0.15, 0.2) is 47.9 Å². The maximum absolute atomic E-state index is 9.06. The average Bonchev–Trinajstić information content (AvgIpc) is 2.38. The Kier molecular flexibility index (Phi) is 4.14. The fourth-order valence-electron chi connectivity index (χ4n) is 1.35. The number of hydrogen-bond acceptors (Lipinski definition) is 5. The first-order valence-electron chi connectivity index (χ1n) is 5.10. The molecule has 0 radical (unpaired) electrons. The number of nitrogens with zero attached hydrogens (tertiary/aromatic N) is 2. The molecule has 86 valence electrons. The fraction of sp³-hybridized carbons (Fsp3) is 0.0909. The van der Waals surface area contributed by atoms with Crippen LogP contribution in [0.25, 0.3) is 0 Å². The van der Waals surface area contributed by atoms with Crippen LogP contribution in [-0.4, -0.2) is 27.1 Å². The number of aromatic nitrogens is 2. The molecule has 0 atom stereocenters. The molecule has 0 fully saturated rings. The summed E-state index contributed by atoms with van der Waals surface area (Å²) in [5, 5.41) is 18.8. The summed E-state index contributed by atoms with van der Waals surface area (Å²) in [5.41, 5.74) is 1.50. The molecule has 1 aromatic heterocycles. The Bertz CT molecular complexity index is 482. The molecule has 2 aromatic rings. The quantitative estimate of drug-likeness (QED) is 0.465. The molecule has 6 heteroatoms. The number of hydrogen-bond donors (Lipinski definition) is 2. The van der Waals surface area contributed by atoms with Crippen LogP contribution >= 0.6 is 11.8 Å². The van der Waals surface area contributed by atoms with Crippen molar-refractivity contribution in [2.45, 2.75) is 10.9 Å². The summed E-state index contributed by atoms with van der Waals surface area (Å²) in [5.74, 6) is 0.699. The van der Waals surface area contributed by atoms with Gasteiger partial charge in [0.2, 0.25) is 0 Å². The Morgan fingerprint density at radius 3 is 2.59 bits per heavy atom. The Morgan fingerprint density at radius 1 is 1.12 bits per heavy atom. The smallest absolute Gasteiger partial charge is 0.423 e. The van der Waals surface area contributed by atoms with Gasteiger partial charge in [0.25, 0.3) is 0 Å². The molecule has 1 heterocycles. The third kappa shape index (κ3) is 3.56. The predicted octanol–water partition coefficient (Wildman–Crippen LogP) is 0.449. The number of benzene rings is 1. The fourth-order valence-corrected chi connectivity index (χ4v) is 2.10. The summed E-state index contributed by atoms with van der Waals surface area (Å²) in [6.07, 6.45) is 3.40. The van der Waals surface area contributed by atoms with Crippen LogP contribution in [0.4, 0.5) is 0 Å². The Balaban J connectivity index is 2.02. The molecule has 17 heavy (non-hydrogen) atoms. The van der Waals surface area contributed by atoms with Crippen LogP contribution in [-0.2, 0) is 5.75 Å². The maximum atomic E-state index is 9.06. The van der Waals surface area contributed by atoms with E-state index in [0.29, 0.717) is 16.4 Å². The minimum atomic E-state index is -1.42. The highest BCUT2D eigenvalue weighted by Crippen LogP contribution is 2.17. The van der Waals surface area contributed by atoms with Crippen molar-refractivity contribution in [3.63, 3.8) is 0 Å². The highest BCUT2D eigenvalue weighted by molar-refractivity contribution is 7.98. The van der Waals surface area contributed by atoms with Crippen molar-refractivity contribution >= 4 is 24.3 Å². The molecule has 0 spiro atoms. The summed E-state index contributed by atoms with van der Waals surface area (Å²) in [6, 6.07) is 8.95. The monoisotopic (exact) mass is 246 g/mol. The topological polar surface area (TPSA) is 66.2 Å². The highest BCUT2D eigenvalue weighted by Gasteiger charge is 2.10. The van der Waals surface area contributed by atoms with Crippen LogP contribution in [0.2, 0.25) is 0 Å². The second-order valence-corrected chi connectivity index (χ2v) is 4.38. The van der Waals surface area contributed by atoms with E-state index in [1.807, 2.05) is 6.07 Å². The summed E-state index contributed by atoms with van der Waals surface area (Å²) >= 11 is 1.51. The lowest BCUT2D eigenvalue weighted by molar-refractivity contribution is 0.425. The molecule has 1 aromatic carbocycles. The zero-order valence-electron chi connectivity index (χ0n) is 9.02. The minimum Gasteiger partial charge on any atom is -0.423 e. The van der Waals surface area contributed by atoms with Crippen molar-refractivity contribution in [1.82, 2.24) is 9.97 Å². The largest absolute Gasteiger partial charge is 0.488 e. The molecule has 0 saturated carbocycles. The zero-order valence-corrected chi connectivity index (χ0v) is 9.84. The van der Waals surface area contributed by atoms with Crippen molar-refractivity contribution in [3.8, 4) is 0 Å². The SMILES string of the molecule is OB(O)c1cccc(CSc2ncccn2)c1. The van der Waals surface area contributed by atoms with Crippen molar-refractivity contribution in [1.29, 1.82) is 0 Å². The molecule has 0 saturated heterocycles. The zero-order chi connectivity index (χ0) is 12.1. The van der Waals surface area contributed by atoms with Gasteiger partial charge < -0.3 is 10.0 Å². The van der Waals surface area contributed by atoms with E-state index >= 15 is 0 Å². The average molecular weight is 246 g/mol. The summed E-state index contributed by atoms with van der Waals surface area (Å²) in [6.45, 7) is 0. The molecule has 2 rings (SSSR count). The van der Waals surface area contributed by atoms with Crippen LogP contribution in [0.5, 0.6) is 0 Å². The third-order valence-corrected chi connectivity index (χ3v) is 3.11. The van der Waals surface area contributed by atoms with Crippen molar-refractivity contribution in [2.75, 3.05) is 0 Å². The summed E-state index contributed by atoms with van der Waals surface area (Å²) in [7, 11) is -1.42. The first-order chi connectivity index (χ1) is 8.25. The predicted molar refractivity (Wildman–Crippen MR) is 67.9 cm³/mol. The van der Waals surface area contributed by atoms with Gasteiger partial charge in [-0.05, 0) is 17.1 Å². The van der Waals surface area contributed by atoms with Crippen molar-refractivity contribution in [2.24, 2.45) is 0 Å². The van der Waals surface area contributed by atoms with Gasteiger partial charge in [-0.25, -0.2) is 9.97 Å². The number of rotatable bonds is 4. The van der Waals surface area contributed by atoms with Gasteiger partial charge in [-0.15, -0.1) is 0 Å². The van der Waals surface area contributed by atoms with Crippen LogP contribution in [0.1, 0.15) is 5.56 Å². The van der Waals surface area contributed by atoms with Crippen LogP contribution in [0, 0.1) is 0 Å². The van der Waals surface area contributed by atoms with Gasteiger partial charge in [-0.1, -0.05) is 36.0 Å². The first-order valence-corrected chi connectivity index (χ1v) is 6.09. The van der Waals surface area contributed by atoms with Gasteiger partial charge in [0.05, 0.1) is 0 Å². The molecule has 0 aliphatic heterocycles. The van der Waals surface area contributed by atoms with Gasteiger partial charge in [0.15, 0.2) is 5.16 Å². The lowest BCUT2D eigenvalue weighted by atomic mass is 9.80. The van der Waals surface area contributed by atoms with Gasteiger partial charge in [-0.2, -0.15) is 0 Å². The van der Waals surface area contributed by atoms with E-state index in [9.17, 15) is 0 Å². The van der Waals surface area contributed by atoms with Crippen LogP contribution in [0.3, 0.4) is 0 Å². The molecule has 2 N–H and O–H groups in total. The van der Waals surface area contributed by atoms with E-state index in [1.54, 1.807) is 36.7 Å². The lowest BCUT2D eigenvalue weighted by Gasteiger charge is -2.03. The molecule has 0 amide bonds. The standard InChI is InChI=1S/C11H11BN2O2S/c15-12(16)10-4-1-3-9(7-10)8-17-11-13-5-2-6-14-11/h1-7,15-16H,8H2. The van der Waals surface area contributed by atoms with Gasteiger partial charge in [0.1, 0.15) is 0 Å². The van der Waals surface area contributed by atoms with Gasteiger partial charge >= 0.3 is 7.12 Å². The van der Waals surface area contributed by atoms with E-state index in [1.165, 1.54) is 11.8 Å². The molecular weight excluding hydrogens is 235 g/mol. The number of thioether (sulfide) groups is 1. The summed E-state index contributed by atoms with van der Waals surface area (Å²) < 4.78 is 0. The normalized spacial score (nSPS) is 10.2. The van der Waals surface area contributed by atoms with Crippen LogP contribution < -0.4 is 5.46 Å². The van der Waals surface area contributed by atoms with E-state index in [-0.39, 0.29) is 0 Å². The molecule has 0 unspecified atom stereocenters. The molecular formula is C11H11BN2O2S. The Morgan fingerprint density at radius 2 is 1.88 bits per heavy atom.